The van der Waals surface area contributed by atoms with Gasteiger partial charge in [0.1, 0.15) is 45.8 Å². The molecule has 0 amide bonds. The highest BCUT2D eigenvalue weighted by atomic mass is 35.5. The van der Waals surface area contributed by atoms with Gasteiger partial charge in [-0.15, -0.1) is 11.3 Å². The monoisotopic (exact) mass is 529 g/mol. The third kappa shape index (κ3) is 6.04. The molecule has 0 bridgehead atoms. The van der Waals surface area contributed by atoms with Crippen molar-refractivity contribution in [2.75, 3.05) is 20.2 Å². The summed E-state index contributed by atoms with van der Waals surface area (Å²) < 4.78 is 18.8. The number of nitrogens with one attached hydrogen (secondary N) is 2. The number of aliphatic hydroxyl groups excluding tert-OH is 4. The molecule has 35 heavy (non-hydrogen) atoms. The average Bonchev–Trinajstić information content (AvgIpc) is 3.16. The maximum atomic E-state index is 13.4. The molecular formula is C22H25ClFN3O7S. The van der Waals surface area contributed by atoms with E-state index in [0.717, 1.165) is 11.3 Å². The molecule has 2 aromatic heterocycles. The summed E-state index contributed by atoms with van der Waals surface area (Å²) in [5.41, 5.74) is 0.479. The minimum Gasteiger partial charge on any atom is -0.454 e. The van der Waals surface area contributed by atoms with Crippen LogP contribution in [0.15, 0.2) is 23.0 Å². The Morgan fingerprint density at radius 1 is 1.31 bits per heavy atom. The van der Waals surface area contributed by atoms with Crippen LogP contribution in [0.5, 0.6) is 0 Å². The van der Waals surface area contributed by atoms with Crippen molar-refractivity contribution in [2.24, 2.45) is 0 Å². The number of fused-ring (bicyclic) bond motifs is 1. The van der Waals surface area contributed by atoms with Crippen LogP contribution in [0.3, 0.4) is 0 Å². The zero-order valence-corrected chi connectivity index (χ0v) is 20.4. The molecule has 3 rings (SSSR count). The molecule has 10 nitrogen and oxygen atoms in total. The molecule has 4 atom stereocenters. The maximum absolute atomic E-state index is 13.4. The molecule has 0 aliphatic heterocycles. The number of ether oxygens (including phenoxy) is 1. The lowest BCUT2D eigenvalue weighted by atomic mass is 10.0. The number of aromatic amines is 1. The number of aliphatic hydroxyl groups is 4. The lowest BCUT2D eigenvalue weighted by Crippen LogP contribution is -2.50. The number of H-pyrrole nitrogens is 1. The Kier molecular flexibility index (Phi) is 8.94. The second-order valence-corrected chi connectivity index (χ2v) is 9.31. The number of carbonyl (C=O) groups is 1. The minimum absolute atomic E-state index is 0.0575. The molecule has 0 unspecified atom stereocenters. The van der Waals surface area contributed by atoms with Gasteiger partial charge in [-0.2, -0.15) is 0 Å². The van der Waals surface area contributed by atoms with Crippen LogP contribution in [0.25, 0.3) is 10.2 Å². The van der Waals surface area contributed by atoms with E-state index in [2.05, 4.69) is 15.3 Å². The number of thiophene rings is 1. The number of carbonyl (C=O) groups excluding carboxylic acids is 1. The van der Waals surface area contributed by atoms with Crippen molar-refractivity contribution >= 4 is 39.1 Å². The van der Waals surface area contributed by atoms with Gasteiger partial charge in [-0.3, -0.25) is 4.79 Å². The first-order chi connectivity index (χ1) is 16.6. The Balaban J connectivity index is 1.88. The largest absolute Gasteiger partial charge is 0.454 e. The summed E-state index contributed by atoms with van der Waals surface area (Å²) >= 11 is 6.74. The first-order valence-electron chi connectivity index (χ1n) is 10.5. The highest BCUT2D eigenvalue weighted by Crippen LogP contribution is 2.29. The van der Waals surface area contributed by atoms with Crippen molar-refractivity contribution in [1.29, 1.82) is 0 Å². The summed E-state index contributed by atoms with van der Waals surface area (Å²) in [4.78, 5) is 33.1. The maximum Gasteiger partial charge on any atom is 0.349 e. The SMILES string of the molecule is CNC[C@H](OC(=O)c1sc2nc(Cc3ccc(F)c(Cl)c3)[nH]c(=O)c2c1C)[C@@H](O)[C@H](O)[C@H](O)CO. The molecule has 1 aromatic carbocycles. The third-order valence-electron chi connectivity index (χ3n) is 5.37. The molecule has 0 spiro atoms. The van der Waals surface area contributed by atoms with Gasteiger partial charge in [0.15, 0.2) is 0 Å². The molecule has 0 aliphatic rings. The van der Waals surface area contributed by atoms with Crippen LogP contribution in [0.4, 0.5) is 4.39 Å². The summed E-state index contributed by atoms with van der Waals surface area (Å²) in [6.45, 7) is 0.698. The zero-order valence-electron chi connectivity index (χ0n) is 18.8. The summed E-state index contributed by atoms with van der Waals surface area (Å²) in [6, 6.07) is 4.16. The van der Waals surface area contributed by atoms with Crippen LogP contribution in [0, 0.1) is 12.7 Å². The molecule has 6 N–H and O–H groups in total. The molecule has 0 radical (unpaired) electrons. The van der Waals surface area contributed by atoms with Gasteiger partial charge in [-0.25, -0.2) is 14.2 Å². The Hall–Kier alpha value is -2.45. The van der Waals surface area contributed by atoms with Crippen molar-refractivity contribution in [1.82, 2.24) is 15.3 Å². The van der Waals surface area contributed by atoms with Gasteiger partial charge in [0.25, 0.3) is 5.56 Å². The van der Waals surface area contributed by atoms with E-state index in [0.29, 0.717) is 11.1 Å². The number of hydrogen-bond donors (Lipinski definition) is 6. The molecule has 0 saturated heterocycles. The normalized spacial score (nSPS) is 15.1. The number of nitrogens with zero attached hydrogens (tertiary/aromatic N) is 1. The van der Waals surface area contributed by atoms with E-state index in [4.69, 9.17) is 21.4 Å². The number of benzene rings is 1. The summed E-state index contributed by atoms with van der Waals surface area (Å²) in [5, 5.41) is 41.8. The van der Waals surface area contributed by atoms with Gasteiger partial charge >= 0.3 is 5.97 Å². The van der Waals surface area contributed by atoms with Crippen LogP contribution in [0.2, 0.25) is 5.02 Å². The fourth-order valence-electron chi connectivity index (χ4n) is 3.49. The van der Waals surface area contributed by atoms with Gasteiger partial charge < -0.3 is 35.5 Å². The zero-order chi connectivity index (χ0) is 25.9. The first kappa shape index (κ1) is 27.1. The molecule has 2 heterocycles. The van der Waals surface area contributed by atoms with Crippen LogP contribution in [-0.4, -0.2) is 81.0 Å². The van der Waals surface area contributed by atoms with E-state index < -0.39 is 48.4 Å². The van der Waals surface area contributed by atoms with Crippen LogP contribution < -0.4 is 10.9 Å². The highest BCUT2D eigenvalue weighted by molar-refractivity contribution is 7.20. The molecule has 0 aliphatic carbocycles. The van der Waals surface area contributed by atoms with Crippen LogP contribution >= 0.6 is 22.9 Å². The topological polar surface area (TPSA) is 165 Å². The van der Waals surface area contributed by atoms with Gasteiger partial charge in [0.05, 0.1) is 17.0 Å². The summed E-state index contributed by atoms with van der Waals surface area (Å²) in [6.07, 6.45) is -6.19. The fraction of sp³-hybridized carbons (Fsp3) is 0.409. The average molecular weight is 530 g/mol. The van der Waals surface area contributed by atoms with Crippen molar-refractivity contribution < 1.29 is 34.3 Å². The Bertz CT molecular complexity index is 1270. The van der Waals surface area contributed by atoms with E-state index in [1.165, 1.54) is 25.2 Å². The van der Waals surface area contributed by atoms with Crippen molar-refractivity contribution in [3.8, 4) is 0 Å². The van der Waals surface area contributed by atoms with Crippen molar-refractivity contribution in [2.45, 2.75) is 37.8 Å². The Labute approximate surface area is 208 Å². The van der Waals surface area contributed by atoms with E-state index in [9.17, 15) is 29.3 Å². The Morgan fingerprint density at radius 2 is 2.03 bits per heavy atom. The van der Waals surface area contributed by atoms with Crippen LogP contribution in [-0.2, 0) is 11.2 Å². The second kappa shape index (κ2) is 11.5. The summed E-state index contributed by atoms with van der Waals surface area (Å²) in [7, 11) is 1.53. The minimum atomic E-state index is -1.76. The number of halogens is 2. The van der Waals surface area contributed by atoms with Gasteiger partial charge in [0.2, 0.25) is 0 Å². The highest BCUT2D eigenvalue weighted by Gasteiger charge is 2.34. The van der Waals surface area contributed by atoms with Crippen LogP contribution in [0.1, 0.15) is 26.6 Å². The number of aromatic nitrogens is 2. The lowest BCUT2D eigenvalue weighted by Gasteiger charge is -2.28. The molecule has 190 valence electrons. The Morgan fingerprint density at radius 3 is 2.66 bits per heavy atom. The number of hydrogen-bond acceptors (Lipinski definition) is 10. The van der Waals surface area contributed by atoms with Crippen molar-refractivity contribution in [3.63, 3.8) is 0 Å². The van der Waals surface area contributed by atoms with Crippen molar-refractivity contribution in [3.05, 3.63) is 61.2 Å². The molecule has 0 saturated carbocycles. The molecule has 13 heteroatoms. The van der Waals surface area contributed by atoms with E-state index >= 15 is 0 Å². The first-order valence-corrected chi connectivity index (χ1v) is 11.7. The molecular weight excluding hydrogens is 505 g/mol. The predicted molar refractivity (Wildman–Crippen MR) is 127 cm³/mol. The standard InChI is InChI=1S/C22H25ClFN3O7S/c1-9-16-20(32)26-15(6-10-3-4-12(24)11(23)5-10)27-21(16)35-19(9)22(33)34-14(7-25-2)18(31)17(30)13(29)8-28/h3-5,13-14,17-18,25,28-31H,6-8H2,1-2H3,(H,26,27,32)/t13-,14+,17-,18-/m1/s1. The van der Waals surface area contributed by atoms with E-state index in [1.54, 1.807) is 6.92 Å². The number of rotatable bonds is 10. The quantitative estimate of drug-likeness (QED) is 0.205. The van der Waals surface area contributed by atoms with Gasteiger partial charge in [-0.05, 0) is 37.2 Å². The fourth-order valence-corrected chi connectivity index (χ4v) is 4.78. The molecule has 3 aromatic rings. The van der Waals surface area contributed by atoms with E-state index in [-0.39, 0.29) is 38.9 Å². The second-order valence-electron chi connectivity index (χ2n) is 7.91. The van der Waals surface area contributed by atoms with Gasteiger partial charge in [-0.1, -0.05) is 17.7 Å². The lowest BCUT2D eigenvalue weighted by molar-refractivity contribution is -0.116. The third-order valence-corrected chi connectivity index (χ3v) is 6.82. The smallest absolute Gasteiger partial charge is 0.349 e. The number of likely N-dealkylation sites (N-methyl/N-ethyl adjacent to an activating group) is 1. The predicted octanol–water partition coefficient (Wildman–Crippen LogP) is 0.496. The molecule has 0 fully saturated rings. The van der Waals surface area contributed by atoms with Gasteiger partial charge in [0, 0.05) is 13.0 Å². The number of aryl methyl sites for hydroxylation is 1. The summed E-state index contributed by atoms with van der Waals surface area (Å²) in [5.74, 6) is -1.14. The number of esters is 1. The van der Waals surface area contributed by atoms with E-state index in [1.807, 2.05) is 0 Å².